The van der Waals surface area contributed by atoms with Crippen LogP contribution in [0.4, 0.5) is 0 Å². The van der Waals surface area contributed by atoms with Crippen molar-refractivity contribution in [3.63, 3.8) is 0 Å². The average molecular weight is 292 g/mol. The van der Waals surface area contributed by atoms with Crippen molar-refractivity contribution < 1.29 is 14.2 Å². The van der Waals surface area contributed by atoms with Gasteiger partial charge < -0.3 is 14.7 Å². The van der Waals surface area contributed by atoms with Crippen molar-refractivity contribution in [1.82, 2.24) is 0 Å². The van der Waals surface area contributed by atoms with Gasteiger partial charge in [-0.3, -0.25) is 0 Å². The minimum absolute atomic E-state index is 0.505. The van der Waals surface area contributed by atoms with Crippen LogP contribution in [0.5, 0.6) is 5.75 Å². The minimum atomic E-state index is 0.505. The average Bonchev–Trinajstić information content (AvgIpc) is 2.51. The molecule has 0 saturated carbocycles. The zero-order chi connectivity index (χ0) is 14.1. The number of methoxy groups -OCH3 is 1. The van der Waals surface area contributed by atoms with Gasteiger partial charge >= 0.3 is 0 Å². The zero-order valence-corrected chi connectivity index (χ0v) is 11.8. The number of ether oxygens (including phenoxy) is 2. The molecule has 0 aliphatic carbocycles. The van der Waals surface area contributed by atoms with Gasteiger partial charge in [0.25, 0.3) is 0 Å². The SMILES string of the molecule is COc1ccc2c(Cl)c(C3=CCOCC3)c[n+]([O-])c2c1. The molecular formula is C15H14ClNO3. The number of halogens is 1. The lowest BCUT2D eigenvalue weighted by molar-refractivity contribution is -0.577. The second-order valence-electron chi connectivity index (χ2n) is 4.62. The van der Waals surface area contributed by atoms with Crippen LogP contribution in [0.15, 0.2) is 30.5 Å². The molecular weight excluding hydrogens is 278 g/mol. The molecule has 0 saturated heterocycles. The quantitative estimate of drug-likeness (QED) is 0.631. The molecule has 0 radical (unpaired) electrons. The van der Waals surface area contributed by atoms with E-state index in [-0.39, 0.29) is 0 Å². The Balaban J connectivity index is 2.21. The molecule has 1 aliphatic rings. The first-order valence-corrected chi connectivity index (χ1v) is 6.75. The molecule has 0 unspecified atom stereocenters. The number of nitrogens with zero attached hydrogens (tertiary/aromatic N) is 1. The van der Waals surface area contributed by atoms with Crippen LogP contribution in [0, 0.1) is 5.21 Å². The molecule has 4 nitrogen and oxygen atoms in total. The first-order chi connectivity index (χ1) is 9.70. The van der Waals surface area contributed by atoms with Crippen molar-refractivity contribution in [3.05, 3.63) is 46.3 Å². The summed E-state index contributed by atoms with van der Waals surface area (Å²) >= 11 is 6.47. The van der Waals surface area contributed by atoms with E-state index < -0.39 is 0 Å². The predicted octanol–water partition coefficient (Wildman–Crippen LogP) is 2.94. The maximum absolute atomic E-state index is 12.2. The van der Waals surface area contributed by atoms with Crippen LogP contribution in [0.3, 0.4) is 0 Å². The van der Waals surface area contributed by atoms with E-state index in [4.69, 9.17) is 21.1 Å². The highest BCUT2D eigenvalue weighted by Gasteiger charge is 2.18. The van der Waals surface area contributed by atoms with E-state index >= 15 is 0 Å². The Morgan fingerprint density at radius 3 is 2.95 bits per heavy atom. The molecule has 3 rings (SSSR count). The number of hydrogen-bond donors (Lipinski definition) is 0. The molecule has 0 atom stereocenters. The van der Waals surface area contributed by atoms with Crippen LogP contribution >= 0.6 is 11.6 Å². The van der Waals surface area contributed by atoms with Crippen LogP contribution in [-0.2, 0) is 4.74 Å². The lowest BCUT2D eigenvalue weighted by Gasteiger charge is -2.15. The van der Waals surface area contributed by atoms with E-state index in [9.17, 15) is 5.21 Å². The topological polar surface area (TPSA) is 45.4 Å². The van der Waals surface area contributed by atoms with Gasteiger partial charge in [-0.05, 0) is 24.1 Å². The lowest BCUT2D eigenvalue weighted by Crippen LogP contribution is -2.27. The van der Waals surface area contributed by atoms with Gasteiger partial charge in [0.05, 0.1) is 42.4 Å². The van der Waals surface area contributed by atoms with Crippen molar-refractivity contribution in [2.24, 2.45) is 0 Å². The third kappa shape index (κ3) is 2.21. The summed E-state index contributed by atoms with van der Waals surface area (Å²) in [5.74, 6) is 0.635. The van der Waals surface area contributed by atoms with Gasteiger partial charge in [0.15, 0.2) is 6.20 Å². The third-order valence-electron chi connectivity index (χ3n) is 3.47. The summed E-state index contributed by atoms with van der Waals surface area (Å²) < 4.78 is 11.3. The predicted molar refractivity (Wildman–Crippen MR) is 77.9 cm³/mol. The first kappa shape index (κ1) is 13.2. The minimum Gasteiger partial charge on any atom is -0.618 e. The van der Waals surface area contributed by atoms with E-state index in [0.29, 0.717) is 29.5 Å². The van der Waals surface area contributed by atoms with Crippen LogP contribution in [0.2, 0.25) is 5.02 Å². The molecule has 104 valence electrons. The van der Waals surface area contributed by atoms with Crippen molar-refractivity contribution in [2.45, 2.75) is 6.42 Å². The fourth-order valence-electron chi connectivity index (χ4n) is 2.39. The molecule has 0 bridgehead atoms. The maximum Gasteiger partial charge on any atom is 0.229 e. The van der Waals surface area contributed by atoms with Gasteiger partial charge in [-0.1, -0.05) is 17.7 Å². The van der Waals surface area contributed by atoms with Crippen molar-refractivity contribution in [3.8, 4) is 5.75 Å². The van der Waals surface area contributed by atoms with Crippen LogP contribution < -0.4 is 9.47 Å². The second kappa shape index (κ2) is 5.31. The Morgan fingerprint density at radius 1 is 1.40 bits per heavy atom. The largest absolute Gasteiger partial charge is 0.618 e. The molecule has 2 aromatic rings. The van der Waals surface area contributed by atoms with Gasteiger partial charge in [-0.25, -0.2) is 0 Å². The monoisotopic (exact) mass is 291 g/mol. The Morgan fingerprint density at radius 2 is 2.25 bits per heavy atom. The summed E-state index contributed by atoms with van der Waals surface area (Å²) in [5, 5.41) is 13.5. The van der Waals surface area contributed by atoms with Crippen LogP contribution in [0.25, 0.3) is 16.5 Å². The number of fused-ring (bicyclic) bond motifs is 1. The summed E-state index contributed by atoms with van der Waals surface area (Å²) in [7, 11) is 1.57. The standard InChI is InChI=1S/C15H14ClNO3/c1-19-11-2-3-12-14(8-11)17(18)9-13(15(12)16)10-4-6-20-7-5-10/h2-4,8-9H,5-7H2,1H3. The molecule has 0 fully saturated rings. The van der Waals surface area contributed by atoms with Gasteiger partial charge in [0.2, 0.25) is 5.52 Å². The molecule has 2 heterocycles. The molecule has 20 heavy (non-hydrogen) atoms. The molecule has 5 heteroatoms. The highest BCUT2D eigenvalue weighted by atomic mass is 35.5. The number of benzene rings is 1. The van der Waals surface area contributed by atoms with E-state index in [1.54, 1.807) is 19.2 Å². The molecule has 1 aromatic heterocycles. The summed E-state index contributed by atoms with van der Waals surface area (Å²) in [4.78, 5) is 0. The number of aromatic nitrogens is 1. The van der Waals surface area contributed by atoms with Crippen molar-refractivity contribution >= 4 is 28.1 Å². The van der Waals surface area contributed by atoms with Gasteiger partial charge in [-0.2, -0.15) is 4.73 Å². The van der Waals surface area contributed by atoms with E-state index in [1.165, 1.54) is 6.20 Å². The molecule has 0 N–H and O–H groups in total. The zero-order valence-electron chi connectivity index (χ0n) is 11.1. The Bertz CT molecular complexity index is 697. The lowest BCUT2D eigenvalue weighted by atomic mass is 10.0. The Labute approximate surface area is 121 Å². The first-order valence-electron chi connectivity index (χ1n) is 6.37. The Kier molecular flexibility index (Phi) is 3.51. The van der Waals surface area contributed by atoms with E-state index in [2.05, 4.69) is 0 Å². The van der Waals surface area contributed by atoms with Gasteiger partial charge in [0, 0.05) is 0 Å². The van der Waals surface area contributed by atoms with Crippen LogP contribution in [0.1, 0.15) is 12.0 Å². The summed E-state index contributed by atoms with van der Waals surface area (Å²) in [6.07, 6.45) is 4.27. The van der Waals surface area contributed by atoms with Crippen molar-refractivity contribution in [2.75, 3.05) is 20.3 Å². The van der Waals surface area contributed by atoms with Gasteiger partial charge in [0.1, 0.15) is 5.75 Å². The smallest absolute Gasteiger partial charge is 0.229 e. The van der Waals surface area contributed by atoms with Crippen molar-refractivity contribution in [1.29, 1.82) is 0 Å². The van der Waals surface area contributed by atoms with Crippen LogP contribution in [-0.4, -0.2) is 20.3 Å². The van der Waals surface area contributed by atoms with E-state index in [1.807, 2.05) is 12.1 Å². The highest BCUT2D eigenvalue weighted by molar-refractivity contribution is 6.36. The summed E-state index contributed by atoms with van der Waals surface area (Å²) in [5.41, 5.74) is 2.34. The number of hydrogen-bond acceptors (Lipinski definition) is 3. The van der Waals surface area contributed by atoms with Gasteiger partial charge in [-0.15, -0.1) is 0 Å². The Hall–Kier alpha value is -1.78. The molecule has 1 aliphatic heterocycles. The molecule has 1 aromatic carbocycles. The summed E-state index contributed by atoms with van der Waals surface area (Å²) in [6, 6.07) is 5.31. The maximum atomic E-state index is 12.2. The molecule has 0 amide bonds. The van der Waals surface area contributed by atoms with E-state index in [0.717, 1.165) is 27.7 Å². The molecule has 0 spiro atoms. The normalized spacial score (nSPS) is 15.2. The highest BCUT2D eigenvalue weighted by Crippen LogP contribution is 2.33. The fraction of sp³-hybridized carbons (Fsp3) is 0.267. The fourth-order valence-corrected chi connectivity index (χ4v) is 2.72. The third-order valence-corrected chi connectivity index (χ3v) is 3.88. The second-order valence-corrected chi connectivity index (χ2v) is 5.00. The number of rotatable bonds is 2. The summed E-state index contributed by atoms with van der Waals surface area (Å²) in [6.45, 7) is 1.22. The number of pyridine rings is 1.